The minimum atomic E-state index is 0.719. The summed E-state index contributed by atoms with van der Waals surface area (Å²) in [7, 11) is 1.86. The van der Waals surface area contributed by atoms with Gasteiger partial charge in [0.2, 0.25) is 0 Å². The van der Waals surface area contributed by atoms with Gasteiger partial charge in [-0.3, -0.25) is 9.97 Å². The summed E-state index contributed by atoms with van der Waals surface area (Å²) in [6.45, 7) is 0. The first-order valence-corrected chi connectivity index (χ1v) is 5.41. The van der Waals surface area contributed by atoms with Crippen LogP contribution in [0.5, 0.6) is 0 Å². The van der Waals surface area contributed by atoms with Crippen molar-refractivity contribution < 1.29 is 0 Å². The molecular weight excluding hydrogens is 212 g/mol. The smallest absolute Gasteiger partial charge is 0.0986 e. The lowest BCUT2D eigenvalue weighted by Crippen LogP contribution is -1.99. The first-order chi connectivity index (χ1) is 8.33. The molecule has 0 fully saturated rings. The van der Waals surface area contributed by atoms with Gasteiger partial charge in [-0.2, -0.15) is 0 Å². The Balaban J connectivity index is 2.64. The van der Waals surface area contributed by atoms with E-state index < -0.39 is 0 Å². The Morgan fingerprint density at radius 3 is 2.24 bits per heavy atom. The molecule has 0 bridgehead atoms. The van der Waals surface area contributed by atoms with Gasteiger partial charge in [0, 0.05) is 30.2 Å². The van der Waals surface area contributed by atoms with Crippen LogP contribution < -0.4 is 11.1 Å². The Bertz CT molecular complexity index is 706. The summed E-state index contributed by atoms with van der Waals surface area (Å²) >= 11 is 0. The summed E-state index contributed by atoms with van der Waals surface area (Å²) in [5, 5.41) is 5.07. The molecule has 17 heavy (non-hydrogen) atoms. The second kappa shape index (κ2) is 3.59. The van der Waals surface area contributed by atoms with Crippen molar-refractivity contribution in [2.75, 3.05) is 18.1 Å². The van der Waals surface area contributed by atoms with Crippen molar-refractivity contribution in [2.24, 2.45) is 0 Å². The van der Waals surface area contributed by atoms with Gasteiger partial charge in [0.15, 0.2) is 0 Å². The van der Waals surface area contributed by atoms with E-state index >= 15 is 0 Å². The van der Waals surface area contributed by atoms with Crippen molar-refractivity contribution in [3.8, 4) is 0 Å². The molecule has 0 radical (unpaired) electrons. The third-order valence-corrected chi connectivity index (χ3v) is 2.92. The maximum Gasteiger partial charge on any atom is 0.0986 e. The highest BCUT2D eigenvalue weighted by Crippen LogP contribution is 2.35. The Labute approximate surface area is 98.5 Å². The standard InChI is InChI=1S/C13H12N4/c1-15-11-9-5-3-7-17-13(9)12-8(10(11)14)4-2-6-16-12/h2-7,15H,14H2,1H3. The zero-order valence-corrected chi connectivity index (χ0v) is 9.44. The number of hydrogen-bond acceptors (Lipinski definition) is 4. The van der Waals surface area contributed by atoms with Gasteiger partial charge >= 0.3 is 0 Å². The van der Waals surface area contributed by atoms with Crippen LogP contribution >= 0.6 is 0 Å². The molecular formula is C13H12N4. The summed E-state index contributed by atoms with van der Waals surface area (Å²) in [5.74, 6) is 0. The van der Waals surface area contributed by atoms with Gasteiger partial charge in [-0.15, -0.1) is 0 Å². The van der Waals surface area contributed by atoms with Crippen molar-refractivity contribution in [3.63, 3.8) is 0 Å². The molecule has 1 aromatic carbocycles. The van der Waals surface area contributed by atoms with Gasteiger partial charge in [-0.25, -0.2) is 0 Å². The molecule has 0 amide bonds. The molecule has 4 nitrogen and oxygen atoms in total. The average Bonchev–Trinajstić information content (AvgIpc) is 2.40. The molecule has 2 heterocycles. The van der Waals surface area contributed by atoms with Crippen LogP contribution in [-0.4, -0.2) is 17.0 Å². The lowest BCUT2D eigenvalue weighted by atomic mass is 10.1. The summed E-state index contributed by atoms with van der Waals surface area (Å²) in [5.41, 5.74) is 9.52. The number of fused-ring (bicyclic) bond motifs is 3. The second-order valence-electron chi connectivity index (χ2n) is 3.84. The molecule has 3 aromatic rings. The largest absolute Gasteiger partial charge is 0.396 e. The minimum absolute atomic E-state index is 0.719. The highest BCUT2D eigenvalue weighted by atomic mass is 14.9. The molecule has 0 atom stereocenters. The Morgan fingerprint density at radius 2 is 1.59 bits per heavy atom. The maximum absolute atomic E-state index is 6.17. The van der Waals surface area contributed by atoms with E-state index in [4.69, 9.17) is 5.73 Å². The van der Waals surface area contributed by atoms with Crippen LogP contribution in [-0.2, 0) is 0 Å². The SMILES string of the molecule is CNc1c(N)c2cccnc2c2ncccc12. The van der Waals surface area contributed by atoms with Gasteiger partial charge < -0.3 is 11.1 Å². The molecule has 4 heteroatoms. The van der Waals surface area contributed by atoms with Crippen molar-refractivity contribution in [1.82, 2.24) is 9.97 Å². The fraction of sp³-hybridized carbons (Fsp3) is 0.0769. The zero-order chi connectivity index (χ0) is 11.8. The summed E-state index contributed by atoms with van der Waals surface area (Å²) < 4.78 is 0. The van der Waals surface area contributed by atoms with Gasteiger partial charge in [0.05, 0.1) is 22.4 Å². The molecule has 0 aliphatic carbocycles. The molecule has 0 aliphatic heterocycles. The number of anilines is 2. The maximum atomic E-state index is 6.17. The number of nitrogens with two attached hydrogens (primary N) is 1. The molecule has 0 spiro atoms. The van der Waals surface area contributed by atoms with E-state index in [9.17, 15) is 0 Å². The molecule has 3 rings (SSSR count). The third-order valence-electron chi connectivity index (χ3n) is 2.92. The molecule has 84 valence electrons. The minimum Gasteiger partial charge on any atom is -0.396 e. The van der Waals surface area contributed by atoms with Crippen molar-refractivity contribution in [3.05, 3.63) is 36.7 Å². The normalized spacial score (nSPS) is 10.9. The van der Waals surface area contributed by atoms with Gasteiger partial charge in [-0.05, 0) is 24.3 Å². The van der Waals surface area contributed by atoms with E-state index in [0.29, 0.717) is 0 Å². The van der Waals surface area contributed by atoms with Gasteiger partial charge in [-0.1, -0.05) is 0 Å². The Hall–Kier alpha value is -2.36. The molecule has 0 aliphatic rings. The van der Waals surface area contributed by atoms with E-state index in [0.717, 1.165) is 33.2 Å². The number of nitrogens with zero attached hydrogens (tertiary/aromatic N) is 2. The number of nitrogen functional groups attached to an aromatic ring is 1. The summed E-state index contributed by atoms with van der Waals surface area (Å²) in [6.07, 6.45) is 3.53. The predicted molar refractivity (Wildman–Crippen MR) is 71.0 cm³/mol. The van der Waals surface area contributed by atoms with E-state index in [-0.39, 0.29) is 0 Å². The van der Waals surface area contributed by atoms with Crippen LogP contribution in [0.25, 0.3) is 21.8 Å². The number of pyridine rings is 2. The summed E-state index contributed by atoms with van der Waals surface area (Å²) in [4.78, 5) is 8.78. The van der Waals surface area contributed by atoms with Crippen LogP contribution in [0.1, 0.15) is 0 Å². The van der Waals surface area contributed by atoms with E-state index in [2.05, 4.69) is 15.3 Å². The quantitative estimate of drug-likeness (QED) is 0.378. The van der Waals surface area contributed by atoms with Crippen molar-refractivity contribution in [1.29, 1.82) is 0 Å². The van der Waals surface area contributed by atoms with Gasteiger partial charge in [0.1, 0.15) is 0 Å². The van der Waals surface area contributed by atoms with Crippen LogP contribution in [0, 0.1) is 0 Å². The number of nitrogens with one attached hydrogen (secondary N) is 1. The van der Waals surface area contributed by atoms with E-state index in [1.54, 1.807) is 12.4 Å². The lowest BCUT2D eigenvalue weighted by molar-refractivity contribution is 1.37. The Morgan fingerprint density at radius 1 is 1.00 bits per heavy atom. The zero-order valence-electron chi connectivity index (χ0n) is 9.44. The molecule has 0 saturated carbocycles. The first kappa shape index (κ1) is 9.84. The van der Waals surface area contributed by atoms with Crippen molar-refractivity contribution >= 4 is 33.2 Å². The first-order valence-electron chi connectivity index (χ1n) is 5.41. The number of aromatic nitrogens is 2. The number of hydrogen-bond donors (Lipinski definition) is 2. The van der Waals surface area contributed by atoms with Crippen LogP contribution in [0.15, 0.2) is 36.7 Å². The fourth-order valence-electron chi connectivity index (χ4n) is 2.16. The van der Waals surface area contributed by atoms with Gasteiger partial charge in [0.25, 0.3) is 0 Å². The Kier molecular flexibility index (Phi) is 2.08. The van der Waals surface area contributed by atoms with E-state index in [1.165, 1.54) is 0 Å². The molecule has 3 N–H and O–H groups in total. The number of rotatable bonds is 1. The highest BCUT2D eigenvalue weighted by Gasteiger charge is 2.11. The monoisotopic (exact) mass is 224 g/mol. The molecule has 2 aromatic heterocycles. The topological polar surface area (TPSA) is 63.8 Å². The van der Waals surface area contributed by atoms with Crippen LogP contribution in [0.3, 0.4) is 0 Å². The number of benzene rings is 1. The lowest BCUT2D eigenvalue weighted by Gasteiger charge is -2.12. The third kappa shape index (κ3) is 1.30. The van der Waals surface area contributed by atoms with E-state index in [1.807, 2.05) is 31.3 Å². The second-order valence-corrected chi connectivity index (χ2v) is 3.84. The predicted octanol–water partition coefficient (Wildman–Crippen LogP) is 2.41. The summed E-state index contributed by atoms with van der Waals surface area (Å²) in [6, 6.07) is 7.75. The van der Waals surface area contributed by atoms with Crippen LogP contribution in [0.2, 0.25) is 0 Å². The molecule has 0 unspecified atom stereocenters. The van der Waals surface area contributed by atoms with Crippen LogP contribution in [0.4, 0.5) is 11.4 Å². The highest BCUT2D eigenvalue weighted by molar-refractivity contribution is 6.16. The van der Waals surface area contributed by atoms with Crippen molar-refractivity contribution in [2.45, 2.75) is 0 Å². The fourth-order valence-corrected chi connectivity index (χ4v) is 2.16. The molecule has 0 saturated heterocycles. The average molecular weight is 224 g/mol.